The third-order valence-electron chi connectivity index (χ3n) is 2.53. The minimum absolute atomic E-state index is 0.0229. The quantitative estimate of drug-likeness (QED) is 0.663. The van der Waals surface area contributed by atoms with Crippen LogP contribution in [0, 0.1) is 13.8 Å². The lowest BCUT2D eigenvalue weighted by Gasteiger charge is -2.10. The van der Waals surface area contributed by atoms with E-state index in [0.717, 1.165) is 11.1 Å². The number of amides is 1. The lowest BCUT2D eigenvalue weighted by atomic mass is 10.0. The van der Waals surface area contributed by atoms with Gasteiger partial charge in [0.15, 0.2) is 0 Å². The molecule has 0 atom stereocenters. The number of carbonyl (C=O) groups excluding carboxylic acids is 1. The number of rotatable bonds is 4. The number of nitrogens with one attached hydrogen (secondary N) is 1. The molecule has 5 N–H and O–H groups in total. The van der Waals surface area contributed by atoms with Gasteiger partial charge >= 0.3 is 0 Å². The molecule has 0 aromatic heterocycles. The average molecular weight is 271 g/mol. The number of nitrogen functional groups attached to an aromatic ring is 1. The summed E-state index contributed by atoms with van der Waals surface area (Å²) in [7, 11) is -3.57. The molecule has 1 rings (SSSR count). The fraction of sp³-hybridized carbons (Fsp3) is 0.364. The van der Waals surface area contributed by atoms with Crippen molar-refractivity contribution in [3.05, 3.63) is 28.8 Å². The van der Waals surface area contributed by atoms with E-state index < -0.39 is 10.0 Å². The first-order valence-electron chi connectivity index (χ1n) is 5.36. The molecule has 1 aromatic carbocycles. The highest BCUT2D eigenvalue weighted by molar-refractivity contribution is 7.89. The molecule has 0 heterocycles. The van der Waals surface area contributed by atoms with Gasteiger partial charge in [-0.05, 0) is 31.0 Å². The third-order valence-corrected chi connectivity index (χ3v) is 3.30. The molecule has 0 fully saturated rings. The number of anilines is 1. The van der Waals surface area contributed by atoms with Gasteiger partial charge in [0.05, 0.1) is 5.75 Å². The molecular weight excluding hydrogens is 254 g/mol. The van der Waals surface area contributed by atoms with E-state index in [1.54, 1.807) is 13.0 Å². The lowest BCUT2D eigenvalue weighted by molar-refractivity contribution is 0.0955. The van der Waals surface area contributed by atoms with Gasteiger partial charge in [0, 0.05) is 17.8 Å². The smallest absolute Gasteiger partial charge is 0.251 e. The molecule has 0 saturated carbocycles. The Morgan fingerprint density at radius 3 is 2.44 bits per heavy atom. The molecule has 0 radical (unpaired) electrons. The molecule has 100 valence electrons. The molecule has 0 aliphatic rings. The van der Waals surface area contributed by atoms with Crippen molar-refractivity contribution in [2.75, 3.05) is 18.0 Å². The van der Waals surface area contributed by atoms with Crippen molar-refractivity contribution in [3.8, 4) is 0 Å². The van der Waals surface area contributed by atoms with Crippen LogP contribution in [0.15, 0.2) is 12.1 Å². The van der Waals surface area contributed by atoms with E-state index in [1.165, 1.54) is 0 Å². The molecule has 0 spiro atoms. The zero-order chi connectivity index (χ0) is 13.9. The maximum atomic E-state index is 11.8. The van der Waals surface area contributed by atoms with Crippen molar-refractivity contribution in [2.24, 2.45) is 5.14 Å². The van der Waals surface area contributed by atoms with Crippen LogP contribution < -0.4 is 16.2 Å². The summed E-state index contributed by atoms with van der Waals surface area (Å²) in [5.74, 6) is -0.651. The number of hydrogen-bond donors (Lipinski definition) is 3. The normalized spacial score (nSPS) is 11.3. The van der Waals surface area contributed by atoms with Crippen LogP contribution in [0.4, 0.5) is 5.69 Å². The molecule has 1 aromatic rings. The Hall–Kier alpha value is -1.60. The second-order valence-electron chi connectivity index (χ2n) is 4.15. The Morgan fingerprint density at radius 1 is 1.28 bits per heavy atom. The number of primary sulfonamides is 1. The number of sulfonamides is 1. The third kappa shape index (κ3) is 4.01. The Kier molecular flexibility index (Phi) is 4.31. The second kappa shape index (κ2) is 5.36. The van der Waals surface area contributed by atoms with E-state index >= 15 is 0 Å². The van der Waals surface area contributed by atoms with Crippen LogP contribution >= 0.6 is 0 Å². The fourth-order valence-corrected chi connectivity index (χ4v) is 1.90. The van der Waals surface area contributed by atoms with Gasteiger partial charge in [-0.2, -0.15) is 0 Å². The molecule has 6 nitrogen and oxygen atoms in total. The van der Waals surface area contributed by atoms with E-state index in [0.29, 0.717) is 11.3 Å². The minimum atomic E-state index is -3.57. The highest BCUT2D eigenvalue weighted by Crippen LogP contribution is 2.17. The van der Waals surface area contributed by atoms with E-state index in [4.69, 9.17) is 10.9 Å². The number of hydrogen-bond acceptors (Lipinski definition) is 4. The van der Waals surface area contributed by atoms with Crippen LogP contribution in [0.2, 0.25) is 0 Å². The van der Waals surface area contributed by atoms with Gasteiger partial charge in [-0.25, -0.2) is 13.6 Å². The zero-order valence-corrected chi connectivity index (χ0v) is 11.2. The van der Waals surface area contributed by atoms with Crippen molar-refractivity contribution >= 4 is 21.6 Å². The molecule has 1 amide bonds. The summed E-state index contributed by atoms with van der Waals surface area (Å²) in [4.78, 5) is 11.8. The maximum absolute atomic E-state index is 11.8. The first kappa shape index (κ1) is 14.5. The van der Waals surface area contributed by atoms with Gasteiger partial charge in [0.1, 0.15) is 0 Å². The van der Waals surface area contributed by atoms with Crippen molar-refractivity contribution in [2.45, 2.75) is 13.8 Å². The van der Waals surface area contributed by atoms with Crippen LogP contribution in [0.3, 0.4) is 0 Å². The van der Waals surface area contributed by atoms with Crippen LogP contribution in [0.5, 0.6) is 0 Å². The molecule has 0 unspecified atom stereocenters. The van der Waals surface area contributed by atoms with Crippen LogP contribution in [0.1, 0.15) is 21.5 Å². The predicted octanol–water partition coefficient (Wildman–Crippen LogP) is -0.0961. The summed E-state index contributed by atoms with van der Waals surface area (Å²) in [5, 5.41) is 7.32. The summed E-state index contributed by atoms with van der Waals surface area (Å²) < 4.78 is 21.4. The van der Waals surface area contributed by atoms with Gasteiger partial charge < -0.3 is 11.1 Å². The number of benzene rings is 1. The number of nitrogens with two attached hydrogens (primary N) is 2. The fourth-order valence-electron chi connectivity index (χ4n) is 1.52. The SMILES string of the molecule is Cc1cc(C)c(C(=O)NCCS(N)(=O)=O)cc1N. The Morgan fingerprint density at radius 2 is 1.89 bits per heavy atom. The topological polar surface area (TPSA) is 115 Å². The largest absolute Gasteiger partial charge is 0.398 e. The van der Waals surface area contributed by atoms with E-state index in [2.05, 4.69) is 5.32 Å². The van der Waals surface area contributed by atoms with Gasteiger partial charge in [-0.3, -0.25) is 4.79 Å². The van der Waals surface area contributed by atoms with Gasteiger partial charge in [-0.15, -0.1) is 0 Å². The van der Waals surface area contributed by atoms with Gasteiger partial charge in [-0.1, -0.05) is 6.07 Å². The zero-order valence-electron chi connectivity index (χ0n) is 10.4. The first-order valence-corrected chi connectivity index (χ1v) is 7.07. The molecule has 0 aliphatic heterocycles. The highest BCUT2D eigenvalue weighted by atomic mass is 32.2. The second-order valence-corrected chi connectivity index (χ2v) is 5.88. The van der Waals surface area contributed by atoms with Crippen molar-refractivity contribution in [3.63, 3.8) is 0 Å². The van der Waals surface area contributed by atoms with Crippen LogP contribution in [-0.2, 0) is 10.0 Å². The first-order chi connectivity index (χ1) is 8.20. The predicted molar refractivity (Wildman–Crippen MR) is 70.6 cm³/mol. The van der Waals surface area contributed by atoms with E-state index in [1.807, 2.05) is 13.0 Å². The monoisotopic (exact) mass is 271 g/mol. The Balaban J connectivity index is 2.76. The standard InChI is InChI=1S/C11H17N3O3S/c1-7-5-8(2)10(12)6-9(7)11(15)14-3-4-18(13,16)17/h5-6H,3-4,12H2,1-2H3,(H,14,15)(H2,13,16,17). The molecular formula is C11H17N3O3S. The van der Waals surface area contributed by atoms with Crippen LogP contribution in [-0.4, -0.2) is 26.6 Å². The molecule has 0 aliphatic carbocycles. The van der Waals surface area contributed by atoms with E-state index in [-0.39, 0.29) is 18.2 Å². The highest BCUT2D eigenvalue weighted by Gasteiger charge is 2.11. The van der Waals surface area contributed by atoms with Crippen molar-refractivity contribution in [1.82, 2.24) is 5.32 Å². The Bertz CT molecular complexity index is 567. The molecule has 0 bridgehead atoms. The average Bonchev–Trinajstić information content (AvgIpc) is 2.21. The maximum Gasteiger partial charge on any atom is 0.251 e. The summed E-state index contributed by atoms with van der Waals surface area (Å²) >= 11 is 0. The lowest BCUT2D eigenvalue weighted by Crippen LogP contribution is -2.31. The van der Waals surface area contributed by atoms with E-state index in [9.17, 15) is 13.2 Å². The van der Waals surface area contributed by atoms with Crippen molar-refractivity contribution < 1.29 is 13.2 Å². The van der Waals surface area contributed by atoms with Gasteiger partial charge in [0.2, 0.25) is 10.0 Å². The number of carbonyl (C=O) groups is 1. The summed E-state index contributed by atoms with van der Waals surface area (Å²) in [6.07, 6.45) is 0. The summed E-state index contributed by atoms with van der Waals surface area (Å²) in [6.45, 7) is 3.62. The molecule has 18 heavy (non-hydrogen) atoms. The minimum Gasteiger partial charge on any atom is -0.398 e. The molecule has 7 heteroatoms. The van der Waals surface area contributed by atoms with Crippen molar-refractivity contribution in [1.29, 1.82) is 0 Å². The summed E-state index contributed by atoms with van der Waals surface area (Å²) in [5.41, 5.74) is 8.38. The Labute approximate surface area is 106 Å². The van der Waals surface area contributed by atoms with Crippen LogP contribution in [0.25, 0.3) is 0 Å². The number of aryl methyl sites for hydroxylation is 2. The summed E-state index contributed by atoms with van der Waals surface area (Å²) in [6, 6.07) is 3.39. The van der Waals surface area contributed by atoms with Gasteiger partial charge in [0.25, 0.3) is 5.91 Å². The molecule has 0 saturated heterocycles.